The summed E-state index contributed by atoms with van der Waals surface area (Å²) >= 11 is 0. The summed E-state index contributed by atoms with van der Waals surface area (Å²) in [6.07, 6.45) is 3.22. The van der Waals surface area contributed by atoms with Crippen LogP contribution in [0.25, 0.3) is 0 Å². The highest BCUT2D eigenvalue weighted by molar-refractivity contribution is 5.82. The summed E-state index contributed by atoms with van der Waals surface area (Å²) in [5, 5.41) is 14.2. The minimum atomic E-state index is -0.981. The lowest BCUT2D eigenvalue weighted by Crippen LogP contribution is -2.47. The molecule has 0 radical (unpaired) electrons. The second kappa shape index (κ2) is 10.5. The molecular weight excluding hydrogens is 258 g/mol. The third-order valence-electron chi connectivity index (χ3n) is 3.54. The highest BCUT2D eigenvalue weighted by Crippen LogP contribution is 2.01. The second-order valence-corrected chi connectivity index (χ2v) is 5.17. The molecule has 0 rings (SSSR count). The fourth-order valence-corrected chi connectivity index (χ4v) is 1.75. The normalized spacial score (nSPS) is 13.8. The maximum absolute atomic E-state index is 11.6. The van der Waals surface area contributed by atoms with E-state index in [0.29, 0.717) is 19.0 Å². The predicted molar refractivity (Wildman–Crippen MR) is 79.9 cm³/mol. The van der Waals surface area contributed by atoms with Gasteiger partial charge in [0.05, 0.1) is 0 Å². The second-order valence-electron chi connectivity index (χ2n) is 5.17. The smallest absolute Gasteiger partial charge is 0.326 e. The molecule has 0 heterocycles. The topological polar surface area (TPSA) is 81.7 Å². The van der Waals surface area contributed by atoms with Gasteiger partial charge in [-0.1, -0.05) is 26.7 Å². The lowest BCUT2D eigenvalue weighted by Gasteiger charge is -2.23. The van der Waals surface area contributed by atoms with Crippen molar-refractivity contribution >= 4 is 12.0 Å². The maximum Gasteiger partial charge on any atom is 0.326 e. The van der Waals surface area contributed by atoms with E-state index >= 15 is 0 Å². The van der Waals surface area contributed by atoms with Crippen molar-refractivity contribution in [2.75, 3.05) is 20.1 Å². The van der Waals surface area contributed by atoms with Gasteiger partial charge in [-0.3, -0.25) is 0 Å². The third-order valence-corrected chi connectivity index (χ3v) is 3.54. The Balaban J connectivity index is 3.99. The minimum Gasteiger partial charge on any atom is -0.480 e. The Morgan fingerprint density at radius 3 is 2.45 bits per heavy atom. The summed E-state index contributed by atoms with van der Waals surface area (Å²) in [6.45, 7) is 7.49. The number of hydrogen-bond donors (Lipinski definition) is 3. The number of urea groups is 1. The Kier molecular flexibility index (Phi) is 9.80. The number of carboxylic acids is 1. The number of nitrogens with zero attached hydrogens (tertiary/aromatic N) is 1. The first-order chi connectivity index (χ1) is 9.42. The standard InChI is InChI=1S/C14H29N3O3/c1-5-7-8-12(13(18)19)16-14(20)15-9-10-17(4)11(3)6-2/h11-12H,5-10H2,1-4H3,(H,18,19)(H2,15,16,20)/t11?,12-/m0/s1. The largest absolute Gasteiger partial charge is 0.480 e. The molecule has 0 aromatic rings. The number of likely N-dealkylation sites (N-methyl/N-ethyl adjacent to an activating group) is 1. The van der Waals surface area contributed by atoms with E-state index in [1.54, 1.807) is 0 Å². The van der Waals surface area contributed by atoms with Crippen molar-refractivity contribution < 1.29 is 14.7 Å². The first-order valence-electron chi connectivity index (χ1n) is 7.39. The van der Waals surface area contributed by atoms with E-state index in [1.807, 2.05) is 14.0 Å². The average molecular weight is 287 g/mol. The lowest BCUT2D eigenvalue weighted by molar-refractivity contribution is -0.139. The van der Waals surface area contributed by atoms with E-state index in [1.165, 1.54) is 0 Å². The van der Waals surface area contributed by atoms with Crippen LogP contribution in [0.2, 0.25) is 0 Å². The molecule has 0 aliphatic rings. The molecule has 0 bridgehead atoms. The highest BCUT2D eigenvalue weighted by atomic mass is 16.4. The number of unbranched alkanes of at least 4 members (excludes halogenated alkanes) is 1. The molecule has 0 aromatic heterocycles. The molecule has 0 spiro atoms. The minimum absolute atomic E-state index is 0.411. The Morgan fingerprint density at radius 1 is 1.30 bits per heavy atom. The summed E-state index contributed by atoms with van der Waals surface area (Å²) in [5.74, 6) is -0.981. The molecule has 0 aromatic carbocycles. The van der Waals surface area contributed by atoms with Crippen molar-refractivity contribution in [1.29, 1.82) is 0 Å². The molecule has 2 atom stereocenters. The summed E-state index contributed by atoms with van der Waals surface area (Å²) in [7, 11) is 2.01. The van der Waals surface area contributed by atoms with E-state index in [0.717, 1.165) is 25.8 Å². The SMILES string of the molecule is CCCC[C@H](NC(=O)NCCN(C)C(C)CC)C(=O)O. The van der Waals surface area contributed by atoms with Gasteiger partial charge in [0.2, 0.25) is 0 Å². The van der Waals surface area contributed by atoms with Gasteiger partial charge < -0.3 is 20.6 Å². The van der Waals surface area contributed by atoms with Crippen molar-refractivity contribution in [3.8, 4) is 0 Å². The summed E-state index contributed by atoms with van der Waals surface area (Å²) in [5.41, 5.74) is 0. The van der Waals surface area contributed by atoms with Gasteiger partial charge in [0.1, 0.15) is 6.04 Å². The fraction of sp³-hybridized carbons (Fsp3) is 0.857. The van der Waals surface area contributed by atoms with Gasteiger partial charge in [0.15, 0.2) is 0 Å². The van der Waals surface area contributed by atoms with Gasteiger partial charge in [-0.05, 0) is 26.8 Å². The molecule has 0 saturated carbocycles. The van der Waals surface area contributed by atoms with Crippen molar-refractivity contribution in [3.05, 3.63) is 0 Å². The van der Waals surface area contributed by atoms with E-state index in [-0.39, 0.29) is 0 Å². The van der Waals surface area contributed by atoms with Crippen molar-refractivity contribution in [2.45, 2.75) is 58.5 Å². The average Bonchev–Trinajstić information content (AvgIpc) is 2.41. The molecule has 1 unspecified atom stereocenters. The van der Waals surface area contributed by atoms with Crippen LogP contribution in [0.4, 0.5) is 4.79 Å². The zero-order valence-corrected chi connectivity index (χ0v) is 13.1. The number of carbonyl (C=O) groups is 2. The molecule has 0 aliphatic heterocycles. The number of carboxylic acid groups (broad SMARTS) is 1. The van der Waals surface area contributed by atoms with E-state index in [9.17, 15) is 9.59 Å². The molecule has 6 nitrogen and oxygen atoms in total. The Bertz CT molecular complexity index is 297. The van der Waals surface area contributed by atoms with Crippen LogP contribution in [0.3, 0.4) is 0 Å². The van der Waals surface area contributed by atoms with Crippen LogP contribution in [-0.4, -0.2) is 54.2 Å². The number of rotatable bonds is 10. The van der Waals surface area contributed by atoms with Crippen molar-refractivity contribution in [1.82, 2.24) is 15.5 Å². The first kappa shape index (κ1) is 18.7. The molecule has 0 saturated heterocycles. The quantitative estimate of drug-likeness (QED) is 0.571. The third kappa shape index (κ3) is 7.99. The number of nitrogens with one attached hydrogen (secondary N) is 2. The Hall–Kier alpha value is -1.30. The van der Waals surface area contributed by atoms with E-state index in [2.05, 4.69) is 29.4 Å². The number of hydrogen-bond acceptors (Lipinski definition) is 3. The van der Waals surface area contributed by atoms with E-state index < -0.39 is 18.0 Å². The number of amides is 2. The van der Waals surface area contributed by atoms with Crippen LogP contribution in [0, 0.1) is 0 Å². The molecule has 0 fully saturated rings. The van der Waals surface area contributed by atoms with Crippen molar-refractivity contribution in [3.63, 3.8) is 0 Å². The molecule has 0 aliphatic carbocycles. The molecule has 3 N–H and O–H groups in total. The Morgan fingerprint density at radius 2 is 1.95 bits per heavy atom. The van der Waals surface area contributed by atoms with Crippen LogP contribution in [-0.2, 0) is 4.79 Å². The summed E-state index contributed by atoms with van der Waals surface area (Å²) in [4.78, 5) is 24.8. The van der Waals surface area contributed by atoms with Gasteiger partial charge in [0, 0.05) is 19.1 Å². The number of carbonyl (C=O) groups excluding carboxylic acids is 1. The molecular formula is C14H29N3O3. The molecule has 6 heteroatoms. The van der Waals surface area contributed by atoms with Gasteiger partial charge in [-0.25, -0.2) is 9.59 Å². The zero-order valence-electron chi connectivity index (χ0n) is 13.1. The molecule has 118 valence electrons. The number of aliphatic carboxylic acids is 1. The lowest BCUT2D eigenvalue weighted by atomic mass is 10.1. The predicted octanol–water partition coefficient (Wildman–Crippen LogP) is 1.66. The van der Waals surface area contributed by atoms with Gasteiger partial charge in [-0.2, -0.15) is 0 Å². The van der Waals surface area contributed by atoms with E-state index in [4.69, 9.17) is 5.11 Å². The Labute approximate surface area is 121 Å². The van der Waals surface area contributed by atoms with Gasteiger partial charge >= 0.3 is 12.0 Å². The first-order valence-corrected chi connectivity index (χ1v) is 7.39. The van der Waals surface area contributed by atoms with Crippen LogP contribution in [0.15, 0.2) is 0 Å². The van der Waals surface area contributed by atoms with Crippen LogP contribution in [0.1, 0.15) is 46.5 Å². The summed E-state index contributed by atoms with van der Waals surface area (Å²) in [6, 6.07) is -0.746. The highest BCUT2D eigenvalue weighted by Gasteiger charge is 2.18. The fourth-order valence-electron chi connectivity index (χ4n) is 1.75. The monoisotopic (exact) mass is 287 g/mol. The molecule has 20 heavy (non-hydrogen) atoms. The van der Waals surface area contributed by atoms with Crippen molar-refractivity contribution in [2.24, 2.45) is 0 Å². The summed E-state index contributed by atoms with van der Waals surface area (Å²) < 4.78 is 0. The zero-order chi connectivity index (χ0) is 15.5. The maximum atomic E-state index is 11.6. The van der Waals surface area contributed by atoms with Crippen LogP contribution >= 0.6 is 0 Å². The molecule has 2 amide bonds. The van der Waals surface area contributed by atoms with Crippen LogP contribution in [0.5, 0.6) is 0 Å². The van der Waals surface area contributed by atoms with Gasteiger partial charge in [0.25, 0.3) is 0 Å². The van der Waals surface area contributed by atoms with Crippen LogP contribution < -0.4 is 10.6 Å². The van der Waals surface area contributed by atoms with Gasteiger partial charge in [-0.15, -0.1) is 0 Å².